The van der Waals surface area contributed by atoms with Crippen molar-refractivity contribution in [2.24, 2.45) is 5.73 Å². The second kappa shape index (κ2) is 3.96. The molecule has 1 aliphatic carbocycles. The first-order valence-corrected chi connectivity index (χ1v) is 4.93. The number of halogens is 1. The molecule has 3 heteroatoms. The van der Waals surface area contributed by atoms with Crippen LogP contribution in [-0.2, 0) is 0 Å². The molecule has 2 rings (SSSR count). The third-order valence-electron chi connectivity index (χ3n) is 2.60. The molecule has 0 amide bonds. The Bertz CT molecular complexity index is 299. The second-order valence-electron chi connectivity index (χ2n) is 3.70. The van der Waals surface area contributed by atoms with Gasteiger partial charge in [-0.3, -0.25) is 0 Å². The first-order valence-electron chi connectivity index (χ1n) is 4.93. The highest BCUT2D eigenvalue weighted by Crippen LogP contribution is 2.23. The molecule has 2 nitrogen and oxygen atoms in total. The summed E-state index contributed by atoms with van der Waals surface area (Å²) in [5, 5.41) is 0. The minimum Gasteiger partial charge on any atom is -0.489 e. The van der Waals surface area contributed by atoms with Crippen molar-refractivity contribution in [3.63, 3.8) is 0 Å². The highest BCUT2D eigenvalue weighted by molar-refractivity contribution is 5.22. The minimum atomic E-state index is -0.243. The summed E-state index contributed by atoms with van der Waals surface area (Å²) in [6, 6.07) is 6.20. The Morgan fingerprint density at radius 3 is 2.50 bits per heavy atom. The monoisotopic (exact) mass is 195 g/mol. The normalized spacial score (nSPS) is 26.4. The van der Waals surface area contributed by atoms with Gasteiger partial charge in [0.2, 0.25) is 0 Å². The molecule has 1 aliphatic rings. The zero-order valence-corrected chi connectivity index (χ0v) is 7.95. The largest absolute Gasteiger partial charge is 0.489 e. The van der Waals surface area contributed by atoms with Gasteiger partial charge in [0.1, 0.15) is 17.7 Å². The Balaban J connectivity index is 2.00. The van der Waals surface area contributed by atoms with Gasteiger partial charge in [0.25, 0.3) is 0 Å². The van der Waals surface area contributed by atoms with Gasteiger partial charge >= 0.3 is 0 Å². The van der Waals surface area contributed by atoms with Crippen LogP contribution in [-0.4, -0.2) is 12.1 Å². The molecule has 1 aromatic carbocycles. The lowest BCUT2D eigenvalue weighted by molar-refractivity contribution is 0.191. The fourth-order valence-electron chi connectivity index (χ4n) is 1.79. The molecule has 0 spiro atoms. The molecule has 0 heterocycles. The fraction of sp³-hybridized carbons (Fsp3) is 0.455. The van der Waals surface area contributed by atoms with Crippen molar-refractivity contribution in [1.82, 2.24) is 0 Å². The van der Waals surface area contributed by atoms with E-state index in [0.717, 1.165) is 19.3 Å². The molecule has 0 bridgehead atoms. The van der Waals surface area contributed by atoms with E-state index < -0.39 is 0 Å². The molecule has 2 atom stereocenters. The van der Waals surface area contributed by atoms with Gasteiger partial charge in [-0.25, -0.2) is 4.39 Å². The van der Waals surface area contributed by atoms with Crippen LogP contribution >= 0.6 is 0 Å². The summed E-state index contributed by atoms with van der Waals surface area (Å²) in [5.41, 5.74) is 5.86. The zero-order valence-electron chi connectivity index (χ0n) is 7.95. The van der Waals surface area contributed by atoms with E-state index in [2.05, 4.69) is 0 Å². The highest BCUT2D eigenvalue weighted by atomic mass is 19.1. The van der Waals surface area contributed by atoms with Gasteiger partial charge in [0, 0.05) is 6.04 Å². The average molecular weight is 195 g/mol. The standard InChI is InChI=1S/C11H14FNO/c12-8-4-6-9(7-5-8)14-11-3-1-2-10(11)13/h4-7,10-11H,1-3,13H2/t10-,11-/m0/s1. The van der Waals surface area contributed by atoms with E-state index >= 15 is 0 Å². The summed E-state index contributed by atoms with van der Waals surface area (Å²) >= 11 is 0. The maximum Gasteiger partial charge on any atom is 0.123 e. The summed E-state index contributed by atoms with van der Waals surface area (Å²) in [4.78, 5) is 0. The van der Waals surface area contributed by atoms with E-state index in [1.807, 2.05) is 0 Å². The van der Waals surface area contributed by atoms with Crippen LogP contribution in [0.15, 0.2) is 24.3 Å². The zero-order chi connectivity index (χ0) is 9.97. The Kier molecular flexibility index (Phi) is 2.68. The number of nitrogens with two attached hydrogens (primary N) is 1. The summed E-state index contributed by atoms with van der Waals surface area (Å²) < 4.78 is 18.2. The number of hydrogen-bond donors (Lipinski definition) is 1. The van der Waals surface area contributed by atoms with Crippen molar-refractivity contribution in [3.8, 4) is 5.75 Å². The predicted molar refractivity (Wildman–Crippen MR) is 52.6 cm³/mol. The first-order chi connectivity index (χ1) is 6.75. The smallest absolute Gasteiger partial charge is 0.123 e. The van der Waals surface area contributed by atoms with Gasteiger partial charge in [-0.05, 0) is 43.5 Å². The summed E-state index contributed by atoms with van der Waals surface area (Å²) in [7, 11) is 0. The molecule has 76 valence electrons. The van der Waals surface area contributed by atoms with Crippen molar-refractivity contribution in [2.75, 3.05) is 0 Å². The van der Waals surface area contributed by atoms with Crippen LogP contribution in [0.2, 0.25) is 0 Å². The fourth-order valence-corrected chi connectivity index (χ4v) is 1.79. The van der Waals surface area contributed by atoms with Crippen LogP contribution in [0.4, 0.5) is 4.39 Å². The van der Waals surface area contributed by atoms with E-state index in [9.17, 15) is 4.39 Å². The van der Waals surface area contributed by atoms with E-state index in [1.54, 1.807) is 12.1 Å². The van der Waals surface area contributed by atoms with E-state index in [0.29, 0.717) is 5.75 Å². The van der Waals surface area contributed by atoms with Crippen LogP contribution in [0, 0.1) is 5.82 Å². The van der Waals surface area contributed by atoms with Crippen LogP contribution < -0.4 is 10.5 Å². The maximum atomic E-state index is 12.6. The lowest BCUT2D eigenvalue weighted by Crippen LogP contribution is -2.33. The third kappa shape index (κ3) is 2.04. The average Bonchev–Trinajstić information content (AvgIpc) is 2.56. The lowest BCUT2D eigenvalue weighted by Gasteiger charge is -2.17. The van der Waals surface area contributed by atoms with Crippen molar-refractivity contribution in [2.45, 2.75) is 31.4 Å². The lowest BCUT2D eigenvalue weighted by atomic mass is 10.2. The van der Waals surface area contributed by atoms with Gasteiger partial charge in [0.05, 0.1) is 0 Å². The number of benzene rings is 1. The van der Waals surface area contributed by atoms with Gasteiger partial charge in [-0.15, -0.1) is 0 Å². The van der Waals surface area contributed by atoms with Crippen LogP contribution in [0.3, 0.4) is 0 Å². The van der Waals surface area contributed by atoms with Crippen LogP contribution in [0.25, 0.3) is 0 Å². The number of ether oxygens (including phenoxy) is 1. The molecule has 0 saturated heterocycles. The molecule has 0 unspecified atom stereocenters. The van der Waals surface area contributed by atoms with Gasteiger partial charge in [-0.1, -0.05) is 0 Å². The molecule has 1 saturated carbocycles. The van der Waals surface area contributed by atoms with Crippen molar-refractivity contribution in [3.05, 3.63) is 30.1 Å². The van der Waals surface area contributed by atoms with E-state index in [1.165, 1.54) is 12.1 Å². The molecule has 1 aromatic rings. The summed E-state index contributed by atoms with van der Waals surface area (Å²) in [6.45, 7) is 0. The third-order valence-corrected chi connectivity index (χ3v) is 2.60. The summed E-state index contributed by atoms with van der Waals surface area (Å²) in [5.74, 6) is 0.460. The number of hydrogen-bond acceptors (Lipinski definition) is 2. The van der Waals surface area contributed by atoms with Crippen LogP contribution in [0.5, 0.6) is 5.75 Å². The van der Waals surface area contributed by atoms with Gasteiger partial charge in [-0.2, -0.15) is 0 Å². The van der Waals surface area contributed by atoms with E-state index in [-0.39, 0.29) is 18.0 Å². The first kappa shape index (κ1) is 9.46. The van der Waals surface area contributed by atoms with Gasteiger partial charge < -0.3 is 10.5 Å². The van der Waals surface area contributed by atoms with Crippen molar-refractivity contribution < 1.29 is 9.13 Å². The molecule has 2 N–H and O–H groups in total. The molecule has 0 radical (unpaired) electrons. The van der Waals surface area contributed by atoms with Crippen LogP contribution in [0.1, 0.15) is 19.3 Å². The number of rotatable bonds is 2. The predicted octanol–water partition coefficient (Wildman–Crippen LogP) is 2.08. The Morgan fingerprint density at radius 1 is 1.21 bits per heavy atom. The highest BCUT2D eigenvalue weighted by Gasteiger charge is 2.25. The topological polar surface area (TPSA) is 35.2 Å². The quantitative estimate of drug-likeness (QED) is 0.784. The Morgan fingerprint density at radius 2 is 1.93 bits per heavy atom. The molecular weight excluding hydrogens is 181 g/mol. The van der Waals surface area contributed by atoms with Crippen molar-refractivity contribution in [1.29, 1.82) is 0 Å². The molecule has 0 aromatic heterocycles. The molecule has 0 aliphatic heterocycles. The van der Waals surface area contributed by atoms with E-state index in [4.69, 9.17) is 10.5 Å². The Hall–Kier alpha value is -1.09. The Labute approximate surface area is 82.9 Å². The summed E-state index contributed by atoms with van der Waals surface area (Å²) in [6.07, 6.45) is 3.23. The molecule has 1 fully saturated rings. The SMILES string of the molecule is N[C@H]1CCC[C@@H]1Oc1ccc(F)cc1. The van der Waals surface area contributed by atoms with Gasteiger partial charge in [0.15, 0.2) is 0 Å². The maximum absolute atomic E-state index is 12.6. The minimum absolute atomic E-state index is 0.0976. The molecular formula is C11H14FNO. The second-order valence-corrected chi connectivity index (χ2v) is 3.70. The van der Waals surface area contributed by atoms with Crippen molar-refractivity contribution >= 4 is 0 Å². The molecule has 14 heavy (non-hydrogen) atoms.